The molecule has 3 nitrogen and oxygen atoms in total. The van der Waals surface area contributed by atoms with Crippen molar-refractivity contribution < 1.29 is 14.2 Å². The second kappa shape index (κ2) is 6.87. The van der Waals surface area contributed by atoms with Gasteiger partial charge in [-0.15, -0.1) is 0 Å². The van der Waals surface area contributed by atoms with Gasteiger partial charge in [0.05, 0.1) is 17.7 Å². The molecule has 0 bridgehead atoms. The van der Waals surface area contributed by atoms with Gasteiger partial charge in [0.15, 0.2) is 0 Å². The fourth-order valence-corrected chi connectivity index (χ4v) is 2.05. The van der Waals surface area contributed by atoms with E-state index in [1.165, 1.54) is 18.2 Å². The molecule has 0 aliphatic rings. The van der Waals surface area contributed by atoms with Crippen molar-refractivity contribution in [2.24, 2.45) is 0 Å². The first-order valence-corrected chi connectivity index (χ1v) is 6.74. The van der Waals surface area contributed by atoms with Gasteiger partial charge in [0, 0.05) is 11.1 Å². The molecule has 108 valence electrons. The maximum atomic E-state index is 13.3. The first-order chi connectivity index (χ1) is 10.2. The van der Waals surface area contributed by atoms with Gasteiger partial charge in [0.2, 0.25) is 0 Å². The van der Waals surface area contributed by atoms with Gasteiger partial charge in [-0.2, -0.15) is 5.26 Å². The Hall–Kier alpha value is -2.38. The van der Waals surface area contributed by atoms with E-state index in [-0.39, 0.29) is 6.61 Å². The van der Waals surface area contributed by atoms with E-state index in [0.29, 0.717) is 28.9 Å². The second-order valence-electron chi connectivity index (χ2n) is 4.66. The minimum atomic E-state index is -0.607. The standard InChI is InChI=1S/C17H16FNO2/c1-2-16(20)15-5-3-4-6-17(15)21-11-13-9-14(18)8-7-12(13)10-19/h3-9,16,20H,2,11H2,1H3. The molecule has 0 amide bonds. The van der Waals surface area contributed by atoms with E-state index >= 15 is 0 Å². The van der Waals surface area contributed by atoms with E-state index in [1.54, 1.807) is 18.2 Å². The van der Waals surface area contributed by atoms with Crippen molar-refractivity contribution in [1.82, 2.24) is 0 Å². The smallest absolute Gasteiger partial charge is 0.125 e. The number of benzene rings is 2. The first-order valence-electron chi connectivity index (χ1n) is 6.74. The van der Waals surface area contributed by atoms with Crippen LogP contribution in [0.15, 0.2) is 42.5 Å². The quantitative estimate of drug-likeness (QED) is 0.911. The van der Waals surface area contributed by atoms with Crippen molar-refractivity contribution in [3.05, 3.63) is 65.0 Å². The number of ether oxygens (including phenoxy) is 1. The highest BCUT2D eigenvalue weighted by Crippen LogP contribution is 2.27. The lowest BCUT2D eigenvalue weighted by molar-refractivity contribution is 0.166. The number of hydrogen-bond donors (Lipinski definition) is 1. The van der Waals surface area contributed by atoms with E-state index in [9.17, 15) is 9.50 Å². The van der Waals surface area contributed by atoms with E-state index in [2.05, 4.69) is 0 Å². The fraction of sp³-hybridized carbons (Fsp3) is 0.235. The predicted octanol–water partition coefficient (Wildman–Crippen LogP) is 3.72. The summed E-state index contributed by atoms with van der Waals surface area (Å²) in [4.78, 5) is 0. The zero-order valence-corrected chi connectivity index (χ0v) is 11.7. The van der Waals surface area contributed by atoms with Crippen LogP contribution >= 0.6 is 0 Å². The largest absolute Gasteiger partial charge is 0.488 e. The first kappa shape index (κ1) is 15.0. The number of aliphatic hydroxyl groups is 1. The van der Waals surface area contributed by atoms with Gasteiger partial charge in [-0.05, 0) is 30.7 Å². The van der Waals surface area contributed by atoms with Gasteiger partial charge < -0.3 is 9.84 Å². The number of halogens is 1. The predicted molar refractivity (Wildman–Crippen MR) is 77.1 cm³/mol. The molecule has 4 heteroatoms. The molecular weight excluding hydrogens is 269 g/mol. The van der Waals surface area contributed by atoms with Crippen LogP contribution in [0, 0.1) is 17.1 Å². The third-order valence-electron chi connectivity index (χ3n) is 3.24. The molecule has 0 spiro atoms. The summed E-state index contributed by atoms with van der Waals surface area (Å²) in [5, 5.41) is 19.0. The molecule has 0 radical (unpaired) electrons. The molecule has 0 aromatic heterocycles. The number of rotatable bonds is 5. The summed E-state index contributed by atoms with van der Waals surface area (Å²) in [6, 6.07) is 13.1. The van der Waals surface area contributed by atoms with Crippen molar-refractivity contribution in [3.63, 3.8) is 0 Å². The SMILES string of the molecule is CCC(O)c1ccccc1OCc1cc(F)ccc1C#N. The Bertz CT molecular complexity index is 664. The van der Waals surface area contributed by atoms with Crippen LogP contribution in [0.25, 0.3) is 0 Å². The summed E-state index contributed by atoms with van der Waals surface area (Å²) < 4.78 is 18.9. The Kier molecular flexibility index (Phi) is 4.91. The molecule has 0 heterocycles. The van der Waals surface area contributed by atoms with Crippen molar-refractivity contribution in [2.75, 3.05) is 0 Å². The van der Waals surface area contributed by atoms with Crippen LogP contribution in [0.1, 0.15) is 36.1 Å². The number of nitriles is 1. The highest BCUT2D eigenvalue weighted by Gasteiger charge is 2.12. The Morgan fingerprint density at radius 1 is 1.29 bits per heavy atom. The Balaban J connectivity index is 2.21. The minimum Gasteiger partial charge on any atom is -0.488 e. The average Bonchev–Trinajstić information content (AvgIpc) is 2.52. The van der Waals surface area contributed by atoms with E-state index in [1.807, 2.05) is 19.1 Å². The Morgan fingerprint density at radius 2 is 2.05 bits per heavy atom. The Morgan fingerprint density at radius 3 is 2.76 bits per heavy atom. The summed E-state index contributed by atoms with van der Waals surface area (Å²) in [6.45, 7) is 1.95. The molecule has 0 aliphatic heterocycles. The van der Waals surface area contributed by atoms with E-state index in [4.69, 9.17) is 10.00 Å². The molecule has 1 N–H and O–H groups in total. The fourth-order valence-electron chi connectivity index (χ4n) is 2.05. The van der Waals surface area contributed by atoms with Crippen LogP contribution in [0.4, 0.5) is 4.39 Å². The summed E-state index contributed by atoms with van der Waals surface area (Å²) in [6.07, 6.45) is -0.0341. The number of para-hydroxylation sites is 1. The molecule has 1 unspecified atom stereocenters. The third kappa shape index (κ3) is 3.59. The van der Waals surface area contributed by atoms with Gasteiger partial charge in [0.1, 0.15) is 18.2 Å². The monoisotopic (exact) mass is 285 g/mol. The lowest BCUT2D eigenvalue weighted by Crippen LogP contribution is -2.04. The molecule has 0 saturated carbocycles. The highest BCUT2D eigenvalue weighted by molar-refractivity contribution is 5.39. The molecule has 0 aliphatic carbocycles. The van der Waals surface area contributed by atoms with Crippen LogP contribution in [0.2, 0.25) is 0 Å². The van der Waals surface area contributed by atoms with Gasteiger partial charge in [-0.25, -0.2) is 4.39 Å². The summed E-state index contributed by atoms with van der Waals surface area (Å²) >= 11 is 0. The van der Waals surface area contributed by atoms with Crippen molar-refractivity contribution in [3.8, 4) is 11.8 Å². The summed E-state index contributed by atoms with van der Waals surface area (Å²) in [7, 11) is 0. The zero-order chi connectivity index (χ0) is 15.2. The van der Waals surface area contributed by atoms with Crippen molar-refractivity contribution in [1.29, 1.82) is 5.26 Å². The molecule has 21 heavy (non-hydrogen) atoms. The van der Waals surface area contributed by atoms with Gasteiger partial charge in [-0.3, -0.25) is 0 Å². The zero-order valence-electron chi connectivity index (χ0n) is 11.7. The lowest BCUT2D eigenvalue weighted by atomic mass is 10.1. The van der Waals surface area contributed by atoms with Crippen LogP contribution in [-0.2, 0) is 6.61 Å². The van der Waals surface area contributed by atoms with Crippen LogP contribution in [0.3, 0.4) is 0 Å². The molecule has 2 aromatic carbocycles. The third-order valence-corrected chi connectivity index (χ3v) is 3.24. The van der Waals surface area contributed by atoms with Gasteiger partial charge >= 0.3 is 0 Å². The molecular formula is C17H16FNO2. The van der Waals surface area contributed by atoms with Crippen molar-refractivity contribution >= 4 is 0 Å². The normalized spacial score (nSPS) is 11.7. The van der Waals surface area contributed by atoms with Crippen LogP contribution in [-0.4, -0.2) is 5.11 Å². The van der Waals surface area contributed by atoms with Gasteiger partial charge in [-0.1, -0.05) is 25.1 Å². The molecule has 0 saturated heterocycles. The molecule has 0 fully saturated rings. The molecule has 1 atom stereocenters. The molecule has 2 rings (SSSR count). The second-order valence-corrected chi connectivity index (χ2v) is 4.66. The highest BCUT2D eigenvalue weighted by atomic mass is 19.1. The average molecular weight is 285 g/mol. The number of aliphatic hydroxyl groups excluding tert-OH is 1. The topological polar surface area (TPSA) is 53.2 Å². The Labute approximate surface area is 123 Å². The minimum absolute atomic E-state index is 0.0775. The number of hydrogen-bond acceptors (Lipinski definition) is 3. The summed E-state index contributed by atoms with van der Waals surface area (Å²) in [5.74, 6) is 0.134. The molecule has 2 aromatic rings. The van der Waals surface area contributed by atoms with E-state index < -0.39 is 11.9 Å². The van der Waals surface area contributed by atoms with Crippen LogP contribution < -0.4 is 4.74 Å². The van der Waals surface area contributed by atoms with Crippen LogP contribution in [0.5, 0.6) is 5.75 Å². The van der Waals surface area contributed by atoms with E-state index in [0.717, 1.165) is 0 Å². The number of nitrogens with zero attached hydrogens (tertiary/aromatic N) is 1. The summed E-state index contributed by atoms with van der Waals surface area (Å²) in [5.41, 5.74) is 1.55. The maximum absolute atomic E-state index is 13.3. The maximum Gasteiger partial charge on any atom is 0.125 e. The van der Waals surface area contributed by atoms with Gasteiger partial charge in [0.25, 0.3) is 0 Å². The van der Waals surface area contributed by atoms with Crippen molar-refractivity contribution in [2.45, 2.75) is 26.1 Å². The lowest BCUT2D eigenvalue weighted by Gasteiger charge is -2.15.